The Morgan fingerprint density at radius 3 is 2.39 bits per heavy atom. The van der Waals surface area contributed by atoms with Gasteiger partial charge in [0.1, 0.15) is 11.5 Å². The average molecular weight is 309 g/mol. The van der Waals surface area contributed by atoms with Crippen LogP contribution in [0.4, 0.5) is 0 Å². The highest BCUT2D eigenvalue weighted by molar-refractivity contribution is 5.95. The minimum absolute atomic E-state index is 0.0791. The third-order valence-corrected chi connectivity index (χ3v) is 3.90. The minimum atomic E-state index is -0.0791. The molecule has 0 spiro atoms. The molecule has 0 N–H and O–H groups in total. The van der Waals surface area contributed by atoms with Crippen LogP contribution in [0.3, 0.4) is 0 Å². The lowest BCUT2D eigenvalue weighted by Gasteiger charge is -2.14. The van der Waals surface area contributed by atoms with Crippen molar-refractivity contribution in [3.05, 3.63) is 59.6 Å². The highest BCUT2D eigenvalue weighted by Crippen LogP contribution is 2.36. The number of methoxy groups -OCH3 is 2. The van der Waals surface area contributed by atoms with E-state index in [1.54, 1.807) is 38.2 Å². The van der Waals surface area contributed by atoms with Crippen LogP contribution in [-0.4, -0.2) is 23.8 Å². The third-order valence-electron chi connectivity index (χ3n) is 3.90. The van der Waals surface area contributed by atoms with Crippen LogP contribution >= 0.6 is 0 Å². The molecular weight excluding hydrogens is 292 g/mol. The van der Waals surface area contributed by atoms with Crippen LogP contribution in [0, 0.1) is 6.92 Å². The third kappa shape index (κ3) is 2.44. The van der Waals surface area contributed by atoms with Gasteiger partial charge in [-0.1, -0.05) is 0 Å². The number of pyridine rings is 2. The van der Waals surface area contributed by atoms with E-state index in [0.29, 0.717) is 22.4 Å². The van der Waals surface area contributed by atoms with Gasteiger partial charge in [0, 0.05) is 36.8 Å². The number of aromatic nitrogens is 2. The van der Waals surface area contributed by atoms with Gasteiger partial charge in [0.05, 0.1) is 19.6 Å². The van der Waals surface area contributed by atoms with E-state index in [2.05, 4.69) is 11.9 Å². The zero-order valence-corrected chi connectivity index (χ0v) is 13.3. The zero-order valence-electron chi connectivity index (χ0n) is 13.3. The van der Waals surface area contributed by atoms with Gasteiger partial charge in [-0.3, -0.25) is 9.78 Å². The van der Waals surface area contributed by atoms with Crippen molar-refractivity contribution in [1.29, 1.82) is 0 Å². The Bertz CT molecular complexity index is 920. The summed E-state index contributed by atoms with van der Waals surface area (Å²) >= 11 is 0. The van der Waals surface area contributed by atoms with Crippen molar-refractivity contribution in [3.63, 3.8) is 0 Å². The number of ether oxygens (including phenoxy) is 2. The van der Waals surface area contributed by atoms with E-state index in [9.17, 15) is 4.79 Å². The molecule has 23 heavy (non-hydrogen) atoms. The van der Waals surface area contributed by atoms with Crippen molar-refractivity contribution >= 4 is 10.8 Å². The summed E-state index contributed by atoms with van der Waals surface area (Å²) in [5.74, 6) is 1.27. The minimum Gasteiger partial charge on any atom is -0.496 e. The van der Waals surface area contributed by atoms with E-state index in [4.69, 9.17) is 9.47 Å². The van der Waals surface area contributed by atoms with Crippen LogP contribution in [0.5, 0.6) is 11.5 Å². The molecule has 0 atom stereocenters. The van der Waals surface area contributed by atoms with Crippen LogP contribution < -0.4 is 15.0 Å². The van der Waals surface area contributed by atoms with Gasteiger partial charge in [-0.2, -0.15) is 0 Å². The first-order valence-corrected chi connectivity index (χ1v) is 7.08. The summed E-state index contributed by atoms with van der Waals surface area (Å²) in [7, 11) is 4.91. The molecule has 3 aromatic rings. The summed E-state index contributed by atoms with van der Waals surface area (Å²) in [6, 6.07) is 5.62. The van der Waals surface area contributed by atoms with E-state index in [1.165, 1.54) is 0 Å². The van der Waals surface area contributed by atoms with Gasteiger partial charge in [0.25, 0.3) is 5.56 Å². The second-order valence-corrected chi connectivity index (χ2v) is 5.24. The van der Waals surface area contributed by atoms with E-state index >= 15 is 0 Å². The Kier molecular flexibility index (Phi) is 3.78. The van der Waals surface area contributed by atoms with Gasteiger partial charge < -0.3 is 14.0 Å². The Balaban J connectivity index is 2.38. The molecule has 2 heterocycles. The average Bonchev–Trinajstić information content (AvgIpc) is 2.58. The van der Waals surface area contributed by atoms with E-state index < -0.39 is 0 Å². The first-order chi connectivity index (χ1) is 11.1. The van der Waals surface area contributed by atoms with Crippen molar-refractivity contribution in [3.8, 4) is 22.6 Å². The molecule has 0 amide bonds. The highest BCUT2D eigenvalue weighted by atomic mass is 16.5. The van der Waals surface area contributed by atoms with Crippen LogP contribution in [0.25, 0.3) is 21.9 Å². The molecular formula is C18H17N2O3. The first kappa shape index (κ1) is 15.1. The quantitative estimate of drug-likeness (QED) is 0.746. The molecule has 0 unspecified atom stereocenters. The van der Waals surface area contributed by atoms with Gasteiger partial charge in [0.2, 0.25) is 0 Å². The van der Waals surface area contributed by atoms with Gasteiger partial charge >= 0.3 is 0 Å². The molecule has 0 bridgehead atoms. The molecule has 0 saturated carbocycles. The summed E-state index contributed by atoms with van der Waals surface area (Å²) in [5, 5.41) is 1.41. The fourth-order valence-electron chi connectivity index (χ4n) is 2.68. The first-order valence-electron chi connectivity index (χ1n) is 7.08. The molecule has 0 aliphatic rings. The predicted molar refractivity (Wildman–Crippen MR) is 90.0 cm³/mol. The number of aryl methyl sites for hydroxylation is 1. The zero-order chi connectivity index (χ0) is 16.6. The Hall–Kier alpha value is -2.82. The second-order valence-electron chi connectivity index (χ2n) is 5.24. The fourth-order valence-corrected chi connectivity index (χ4v) is 2.68. The SMILES string of the molecule is [CH2]c1c(OC)cc(-c2cn(C)c(=O)c3cnccc23)cc1OC. The lowest BCUT2D eigenvalue weighted by atomic mass is 9.99. The van der Waals surface area contributed by atoms with Gasteiger partial charge in [0.15, 0.2) is 0 Å². The molecule has 117 valence electrons. The number of rotatable bonds is 3. The summed E-state index contributed by atoms with van der Waals surface area (Å²) in [5.41, 5.74) is 2.40. The summed E-state index contributed by atoms with van der Waals surface area (Å²) in [6.45, 7) is 3.98. The number of fused-ring (bicyclic) bond motifs is 1. The van der Waals surface area contributed by atoms with E-state index in [1.807, 2.05) is 24.4 Å². The molecule has 5 heteroatoms. The van der Waals surface area contributed by atoms with Crippen LogP contribution in [0.1, 0.15) is 5.56 Å². The van der Waals surface area contributed by atoms with Gasteiger partial charge in [-0.25, -0.2) is 0 Å². The number of hydrogen-bond acceptors (Lipinski definition) is 4. The normalized spacial score (nSPS) is 10.8. The topological polar surface area (TPSA) is 53.4 Å². The Labute approximate surface area is 134 Å². The van der Waals surface area contributed by atoms with Crippen molar-refractivity contribution < 1.29 is 9.47 Å². The van der Waals surface area contributed by atoms with E-state index in [-0.39, 0.29) is 5.56 Å². The molecule has 0 aliphatic heterocycles. The molecule has 0 fully saturated rings. The fraction of sp³-hybridized carbons (Fsp3) is 0.167. The molecule has 3 rings (SSSR count). The standard InChI is InChI=1S/C18H17N2O3/c1-11-16(22-3)7-12(8-17(11)23-4)15-10-20(2)18(21)14-9-19-6-5-13(14)15/h5-10H,1H2,2-4H3. The number of hydrogen-bond donors (Lipinski definition) is 0. The molecule has 5 nitrogen and oxygen atoms in total. The molecule has 0 aliphatic carbocycles. The maximum Gasteiger partial charge on any atom is 0.259 e. The molecule has 2 aromatic heterocycles. The monoisotopic (exact) mass is 309 g/mol. The van der Waals surface area contributed by atoms with Gasteiger partial charge in [-0.05, 0) is 36.1 Å². The molecule has 0 saturated heterocycles. The number of benzene rings is 1. The molecule has 1 radical (unpaired) electrons. The van der Waals surface area contributed by atoms with Crippen molar-refractivity contribution in [2.75, 3.05) is 14.2 Å². The van der Waals surface area contributed by atoms with Crippen LogP contribution in [-0.2, 0) is 7.05 Å². The Morgan fingerprint density at radius 2 is 1.78 bits per heavy atom. The van der Waals surface area contributed by atoms with Crippen molar-refractivity contribution in [1.82, 2.24) is 9.55 Å². The largest absolute Gasteiger partial charge is 0.496 e. The molecule has 1 aromatic carbocycles. The summed E-state index contributed by atoms with van der Waals surface area (Å²) < 4.78 is 12.3. The van der Waals surface area contributed by atoms with Crippen LogP contribution in [0.15, 0.2) is 41.6 Å². The smallest absolute Gasteiger partial charge is 0.259 e. The van der Waals surface area contributed by atoms with Crippen LogP contribution in [0.2, 0.25) is 0 Å². The maximum atomic E-state index is 12.3. The number of nitrogens with zero attached hydrogens (tertiary/aromatic N) is 2. The van der Waals surface area contributed by atoms with Crippen molar-refractivity contribution in [2.24, 2.45) is 7.05 Å². The lowest BCUT2D eigenvalue weighted by molar-refractivity contribution is 0.391. The maximum absolute atomic E-state index is 12.3. The van der Waals surface area contributed by atoms with E-state index in [0.717, 1.165) is 16.5 Å². The highest BCUT2D eigenvalue weighted by Gasteiger charge is 2.14. The Morgan fingerprint density at radius 1 is 1.13 bits per heavy atom. The summed E-state index contributed by atoms with van der Waals surface area (Å²) in [4.78, 5) is 16.3. The second kappa shape index (κ2) is 5.76. The van der Waals surface area contributed by atoms with Crippen molar-refractivity contribution in [2.45, 2.75) is 0 Å². The lowest BCUT2D eigenvalue weighted by Crippen LogP contribution is -2.16. The van der Waals surface area contributed by atoms with Gasteiger partial charge in [-0.15, -0.1) is 0 Å². The summed E-state index contributed by atoms with van der Waals surface area (Å²) in [6.07, 6.45) is 5.07. The predicted octanol–water partition coefficient (Wildman–Crippen LogP) is 2.80.